The van der Waals surface area contributed by atoms with E-state index >= 15 is 0 Å². The van der Waals surface area contributed by atoms with Crippen molar-refractivity contribution < 1.29 is 24.2 Å². The van der Waals surface area contributed by atoms with Crippen molar-refractivity contribution in [3.63, 3.8) is 0 Å². The summed E-state index contributed by atoms with van der Waals surface area (Å²) in [4.78, 5) is 44.1. The van der Waals surface area contributed by atoms with Crippen molar-refractivity contribution in [3.8, 4) is 28.4 Å². The van der Waals surface area contributed by atoms with Gasteiger partial charge >= 0.3 is 5.97 Å². The fourth-order valence-corrected chi connectivity index (χ4v) is 7.84. The lowest BCUT2D eigenvalue weighted by Crippen LogP contribution is -2.41. The van der Waals surface area contributed by atoms with Crippen LogP contribution in [-0.4, -0.2) is 74.2 Å². The molecule has 5 aromatic rings. The number of aryl methyl sites for hydroxylation is 1. The quantitative estimate of drug-likeness (QED) is 0.190. The van der Waals surface area contributed by atoms with Crippen molar-refractivity contribution in [3.05, 3.63) is 71.8 Å². The minimum absolute atomic E-state index is 0.0164. The molecule has 3 aliphatic rings. The molecule has 2 aliphatic carbocycles. The maximum Gasteiger partial charge on any atom is 0.305 e. The number of carboxylic acids is 1. The predicted molar refractivity (Wildman–Crippen MR) is 186 cm³/mol. The van der Waals surface area contributed by atoms with Gasteiger partial charge in [0.05, 0.1) is 24.7 Å². The first-order valence-corrected chi connectivity index (χ1v) is 17.0. The number of hydrogen-bond donors (Lipinski definition) is 3. The highest BCUT2D eigenvalue weighted by Gasteiger charge is 2.47. The molecule has 2 bridgehead atoms. The number of carbonyl (C=O) groups is 3. The van der Waals surface area contributed by atoms with Crippen molar-refractivity contribution in [2.75, 3.05) is 20.2 Å². The zero-order valence-electron chi connectivity index (χ0n) is 27.7. The standard InChI is InChI=1S/C38H40N6O5/c1-42-35-28(15-27(18-32(35)49-2)38(48)44-20-26-11-12-29(44)34(26)39)41-36(42)31-17-25-10-9-24(16-30(25)43(31)19-21-3-4-21)22-5-7-23(8-6-22)37(47)40-14-13-33(45)46/h5-10,15-18,21,26,29,34H,3-4,11-14,19-20,39H2,1-2H3,(H,40,47)(H,45,46)/t26-,29-,34-/m1/s1. The Morgan fingerprint density at radius 1 is 0.980 bits per heavy atom. The number of methoxy groups -OCH3 is 1. The van der Waals surface area contributed by atoms with Gasteiger partial charge in [-0.1, -0.05) is 24.3 Å². The molecule has 1 saturated heterocycles. The third-order valence-electron chi connectivity index (χ3n) is 10.7. The number of carbonyl (C=O) groups excluding carboxylic acids is 2. The van der Waals surface area contributed by atoms with Crippen LogP contribution >= 0.6 is 0 Å². The number of carboxylic acid groups (broad SMARTS) is 1. The Bertz CT molecular complexity index is 2130. The van der Waals surface area contributed by atoms with Crippen LogP contribution in [-0.2, 0) is 18.4 Å². The number of nitrogens with zero attached hydrogens (tertiary/aromatic N) is 4. The molecule has 4 N–H and O–H groups in total. The van der Waals surface area contributed by atoms with E-state index in [-0.39, 0.29) is 36.9 Å². The lowest BCUT2D eigenvalue weighted by Gasteiger charge is -2.27. The largest absolute Gasteiger partial charge is 0.494 e. The minimum atomic E-state index is -0.951. The van der Waals surface area contributed by atoms with Crippen LogP contribution < -0.4 is 15.8 Å². The zero-order chi connectivity index (χ0) is 34.0. The van der Waals surface area contributed by atoms with Gasteiger partial charge in [-0.25, -0.2) is 4.98 Å². The second-order valence-corrected chi connectivity index (χ2v) is 13.8. The summed E-state index contributed by atoms with van der Waals surface area (Å²) in [5, 5.41) is 12.6. The number of imidazole rings is 1. The molecule has 11 nitrogen and oxygen atoms in total. The maximum absolute atomic E-state index is 13.8. The molecule has 2 saturated carbocycles. The normalized spacial score (nSPS) is 20.0. The van der Waals surface area contributed by atoms with Gasteiger partial charge in [0.2, 0.25) is 0 Å². The second kappa shape index (κ2) is 12.1. The third-order valence-corrected chi connectivity index (χ3v) is 10.7. The Kier molecular flexibility index (Phi) is 7.66. The van der Waals surface area contributed by atoms with Gasteiger partial charge in [0.25, 0.3) is 11.8 Å². The predicted octanol–water partition coefficient (Wildman–Crippen LogP) is 5.05. The fourth-order valence-electron chi connectivity index (χ4n) is 7.84. The van der Waals surface area contributed by atoms with Gasteiger partial charge in [-0.15, -0.1) is 0 Å². The van der Waals surface area contributed by atoms with E-state index in [0.717, 1.165) is 58.5 Å². The summed E-state index contributed by atoms with van der Waals surface area (Å²) in [6, 6.07) is 19.8. The smallest absolute Gasteiger partial charge is 0.305 e. The van der Waals surface area contributed by atoms with E-state index in [9.17, 15) is 14.4 Å². The van der Waals surface area contributed by atoms with E-state index in [1.807, 2.05) is 36.2 Å². The average molecular weight is 661 g/mol. The molecule has 8 rings (SSSR count). The van der Waals surface area contributed by atoms with E-state index in [0.29, 0.717) is 40.8 Å². The minimum Gasteiger partial charge on any atom is -0.494 e. The second-order valence-electron chi connectivity index (χ2n) is 13.8. The van der Waals surface area contributed by atoms with Crippen LogP contribution in [0, 0.1) is 11.8 Å². The topological polar surface area (TPSA) is 145 Å². The van der Waals surface area contributed by atoms with E-state index in [1.165, 1.54) is 12.8 Å². The van der Waals surface area contributed by atoms with Gasteiger partial charge in [0.1, 0.15) is 11.3 Å². The van der Waals surface area contributed by atoms with Gasteiger partial charge in [-0.3, -0.25) is 14.4 Å². The van der Waals surface area contributed by atoms with Crippen molar-refractivity contribution in [1.82, 2.24) is 24.3 Å². The highest BCUT2D eigenvalue weighted by atomic mass is 16.5. The van der Waals surface area contributed by atoms with Crippen LogP contribution in [0.15, 0.2) is 60.7 Å². The van der Waals surface area contributed by atoms with Crippen LogP contribution in [0.3, 0.4) is 0 Å². The van der Waals surface area contributed by atoms with E-state index in [1.54, 1.807) is 19.2 Å². The summed E-state index contributed by atoms with van der Waals surface area (Å²) < 4.78 is 10.3. The highest BCUT2D eigenvalue weighted by Crippen LogP contribution is 2.41. The Balaban J connectivity index is 1.14. The van der Waals surface area contributed by atoms with Crippen molar-refractivity contribution in [2.24, 2.45) is 24.6 Å². The van der Waals surface area contributed by atoms with E-state index < -0.39 is 5.97 Å². The monoisotopic (exact) mass is 660 g/mol. The molecule has 3 atom stereocenters. The number of nitrogens with two attached hydrogens (primary N) is 1. The summed E-state index contributed by atoms with van der Waals surface area (Å²) in [6.07, 6.45) is 4.30. The first-order valence-electron chi connectivity index (χ1n) is 17.0. The molecule has 252 valence electrons. The Morgan fingerprint density at radius 2 is 1.76 bits per heavy atom. The van der Waals surface area contributed by atoms with E-state index in [4.69, 9.17) is 20.6 Å². The SMILES string of the molecule is COc1cc(C(=O)N2C[C@H]3CC[C@@H]2[C@@H]3N)cc2nc(-c3cc4ccc(-c5ccc(C(=O)NCCC(=O)O)cc5)cc4n3CC3CC3)n(C)c12. The molecule has 0 radical (unpaired) electrons. The number of piperidine rings is 1. The van der Waals surface area contributed by atoms with Crippen LogP contribution in [0.25, 0.3) is 44.6 Å². The number of aliphatic carboxylic acids is 1. The first kappa shape index (κ1) is 31.1. The van der Waals surface area contributed by atoms with Crippen molar-refractivity contribution in [1.29, 1.82) is 0 Å². The van der Waals surface area contributed by atoms with Crippen LogP contribution in [0.1, 0.15) is 52.8 Å². The number of rotatable bonds is 10. The number of aromatic nitrogens is 3. The summed E-state index contributed by atoms with van der Waals surface area (Å²) in [5.41, 5.74) is 13.1. The Hall–Kier alpha value is -5.16. The number of hydrogen-bond acceptors (Lipinski definition) is 6. The molecule has 3 fully saturated rings. The van der Waals surface area contributed by atoms with Crippen LogP contribution in [0.2, 0.25) is 0 Å². The first-order chi connectivity index (χ1) is 23.7. The summed E-state index contributed by atoms with van der Waals surface area (Å²) >= 11 is 0. The lowest BCUT2D eigenvalue weighted by molar-refractivity contribution is -0.136. The number of ether oxygens (including phenoxy) is 1. The molecular formula is C38H40N6O5. The molecule has 0 spiro atoms. The molecule has 49 heavy (non-hydrogen) atoms. The molecule has 2 aromatic heterocycles. The van der Waals surface area contributed by atoms with Gasteiger partial charge in [0.15, 0.2) is 5.82 Å². The van der Waals surface area contributed by atoms with Crippen molar-refractivity contribution in [2.45, 2.75) is 50.7 Å². The summed E-state index contributed by atoms with van der Waals surface area (Å²) in [5.74, 6) is 1.13. The number of nitrogens with one attached hydrogen (secondary N) is 1. The van der Waals surface area contributed by atoms with Crippen LogP contribution in [0.5, 0.6) is 5.75 Å². The fraction of sp³-hybridized carbons (Fsp3) is 0.368. The number of fused-ring (bicyclic) bond motifs is 4. The molecule has 0 unspecified atom stereocenters. The van der Waals surface area contributed by atoms with Gasteiger partial charge < -0.3 is 34.9 Å². The third kappa shape index (κ3) is 5.51. The zero-order valence-corrected chi connectivity index (χ0v) is 27.7. The maximum atomic E-state index is 13.8. The molecule has 3 heterocycles. The molecular weight excluding hydrogens is 620 g/mol. The van der Waals surface area contributed by atoms with Crippen molar-refractivity contribution >= 4 is 39.7 Å². The summed E-state index contributed by atoms with van der Waals surface area (Å²) in [7, 11) is 3.63. The number of amides is 2. The van der Waals surface area contributed by atoms with Gasteiger partial charge in [0, 0.05) is 60.8 Å². The van der Waals surface area contributed by atoms with E-state index in [2.05, 4.69) is 38.7 Å². The average Bonchev–Trinajstić information content (AvgIpc) is 3.51. The Morgan fingerprint density at radius 3 is 2.43 bits per heavy atom. The number of likely N-dealkylation sites (tertiary alicyclic amines) is 1. The highest BCUT2D eigenvalue weighted by molar-refractivity contribution is 6.01. The molecule has 1 aliphatic heterocycles. The molecule has 11 heteroatoms. The number of benzene rings is 3. The summed E-state index contributed by atoms with van der Waals surface area (Å²) in [6.45, 7) is 1.66. The molecule has 3 aromatic carbocycles. The molecule has 2 amide bonds. The van der Waals surface area contributed by atoms with Gasteiger partial charge in [-0.05, 0) is 85.0 Å². The van der Waals surface area contributed by atoms with Gasteiger partial charge in [-0.2, -0.15) is 0 Å². The lowest BCUT2D eigenvalue weighted by atomic mass is 10.0. The Labute approximate surface area is 283 Å². The van der Waals surface area contributed by atoms with Crippen LogP contribution in [0.4, 0.5) is 0 Å².